The first-order valence-electron chi connectivity index (χ1n) is 15.3. The number of aromatic hydroxyl groups is 1. The number of anilines is 2. The van der Waals surface area contributed by atoms with Crippen LogP contribution in [0.25, 0.3) is 0 Å². The highest BCUT2D eigenvalue weighted by Crippen LogP contribution is 2.56. The van der Waals surface area contributed by atoms with E-state index >= 15 is 0 Å². The van der Waals surface area contributed by atoms with E-state index in [-0.39, 0.29) is 41.3 Å². The number of piperidine rings is 1. The molecule has 46 heavy (non-hydrogen) atoms. The number of nitroso groups, excluding NO2 is 1. The molecule has 14 nitrogen and oxygen atoms in total. The molecule has 250 valence electrons. The van der Waals surface area contributed by atoms with Gasteiger partial charge in [-0.2, -0.15) is 0 Å². The van der Waals surface area contributed by atoms with Crippen LogP contribution in [0.1, 0.15) is 62.9 Å². The summed E-state index contributed by atoms with van der Waals surface area (Å²) in [6, 6.07) is 0.519. The maximum atomic E-state index is 14.5. The second-order valence-electron chi connectivity index (χ2n) is 15.1. The first-order chi connectivity index (χ1) is 21.1. The molecule has 0 spiro atoms. The van der Waals surface area contributed by atoms with Crippen LogP contribution >= 0.6 is 0 Å². The van der Waals surface area contributed by atoms with Crippen molar-refractivity contribution in [3.63, 3.8) is 0 Å². The average molecular weight is 640 g/mol. The number of fused-ring (bicyclic) bond motifs is 3. The lowest BCUT2D eigenvalue weighted by molar-refractivity contribution is -0.129. The highest BCUT2D eigenvalue weighted by atomic mass is 16.3. The summed E-state index contributed by atoms with van der Waals surface area (Å²) in [5.74, 6) is -6.78. The van der Waals surface area contributed by atoms with Crippen molar-refractivity contribution < 1.29 is 29.7 Å². The smallest absolute Gasteiger partial charge is 0.255 e. The Morgan fingerprint density at radius 3 is 2.13 bits per heavy atom. The van der Waals surface area contributed by atoms with Gasteiger partial charge < -0.3 is 42.3 Å². The van der Waals surface area contributed by atoms with Crippen LogP contribution in [-0.2, 0) is 16.0 Å². The predicted molar refractivity (Wildman–Crippen MR) is 173 cm³/mol. The van der Waals surface area contributed by atoms with Gasteiger partial charge in [-0.15, -0.1) is 4.91 Å². The van der Waals surface area contributed by atoms with E-state index < -0.39 is 63.2 Å². The minimum Gasteiger partial charge on any atom is -0.510 e. The number of amides is 1. The molecule has 1 aromatic carbocycles. The van der Waals surface area contributed by atoms with Gasteiger partial charge in [0.1, 0.15) is 22.8 Å². The molecule has 4 aliphatic rings. The SMILES string of the molecule is CN(C)c1cc(NC2CC(C)(C)NC(C)(C)C2)c(O)c2c1C[C@@]1(N)C[C@H]3[C@H](N(C)C)C(O)=C(C(N)=O)C(=O)[C@@]3(N=O)C(O)=C1C2=O. The van der Waals surface area contributed by atoms with Gasteiger partial charge in [-0.25, -0.2) is 0 Å². The molecule has 0 saturated carbocycles. The summed E-state index contributed by atoms with van der Waals surface area (Å²) in [4.78, 5) is 56.7. The highest BCUT2D eigenvalue weighted by Gasteiger charge is 2.68. The molecule has 5 rings (SSSR count). The van der Waals surface area contributed by atoms with E-state index in [0.717, 1.165) is 12.8 Å². The predicted octanol–water partition coefficient (Wildman–Crippen LogP) is 1.76. The molecule has 0 bridgehead atoms. The average Bonchev–Trinajstić information content (AvgIpc) is 2.87. The van der Waals surface area contributed by atoms with Crippen LogP contribution in [0.15, 0.2) is 33.9 Å². The number of primary amides is 1. The summed E-state index contributed by atoms with van der Waals surface area (Å²) < 4.78 is 0. The Morgan fingerprint density at radius 2 is 1.63 bits per heavy atom. The molecule has 9 N–H and O–H groups in total. The van der Waals surface area contributed by atoms with E-state index in [1.807, 2.05) is 0 Å². The van der Waals surface area contributed by atoms with Gasteiger partial charge in [-0.1, -0.05) is 0 Å². The van der Waals surface area contributed by atoms with E-state index in [9.17, 15) is 34.6 Å². The summed E-state index contributed by atoms with van der Waals surface area (Å²) >= 11 is 0. The number of ketones is 2. The fraction of sp³-hybridized carbons (Fsp3) is 0.594. The Hall–Kier alpha value is -4.01. The van der Waals surface area contributed by atoms with Crippen molar-refractivity contribution in [3.05, 3.63) is 44.8 Å². The Labute approximate surface area is 267 Å². The molecule has 14 heteroatoms. The number of rotatable bonds is 6. The second kappa shape index (κ2) is 10.5. The number of Topliss-reactive ketones (excluding diaryl/α,β-unsaturated/α-hetero) is 2. The van der Waals surface area contributed by atoms with Gasteiger partial charge in [0.15, 0.2) is 5.78 Å². The highest BCUT2D eigenvalue weighted by molar-refractivity contribution is 6.25. The first-order valence-corrected chi connectivity index (χ1v) is 15.3. The monoisotopic (exact) mass is 639 g/mol. The van der Waals surface area contributed by atoms with Crippen molar-refractivity contribution in [2.24, 2.45) is 22.6 Å². The van der Waals surface area contributed by atoms with Crippen LogP contribution in [0.3, 0.4) is 0 Å². The number of aliphatic hydroxyl groups is 2. The zero-order valence-corrected chi connectivity index (χ0v) is 27.6. The summed E-state index contributed by atoms with van der Waals surface area (Å²) in [7, 11) is 6.68. The summed E-state index contributed by atoms with van der Waals surface area (Å²) in [6.07, 6.45) is 1.14. The number of nitrogens with two attached hydrogens (primary N) is 2. The molecule has 0 aromatic heterocycles. The van der Waals surface area contributed by atoms with E-state index in [2.05, 4.69) is 43.5 Å². The topological polar surface area (TPSA) is 224 Å². The molecule has 3 aliphatic carbocycles. The van der Waals surface area contributed by atoms with Crippen molar-refractivity contribution in [2.75, 3.05) is 38.4 Å². The van der Waals surface area contributed by atoms with Crippen molar-refractivity contribution in [3.8, 4) is 5.75 Å². The maximum absolute atomic E-state index is 14.5. The normalized spacial score (nSPS) is 30.5. The number of hydrogen-bond acceptors (Lipinski definition) is 13. The Bertz CT molecular complexity index is 1610. The maximum Gasteiger partial charge on any atom is 0.255 e. The molecule has 0 unspecified atom stereocenters. The van der Waals surface area contributed by atoms with Crippen molar-refractivity contribution >= 4 is 28.8 Å². The van der Waals surface area contributed by atoms with Gasteiger partial charge in [0.2, 0.25) is 11.3 Å². The van der Waals surface area contributed by atoms with Crippen LogP contribution in [0.5, 0.6) is 5.75 Å². The van der Waals surface area contributed by atoms with Gasteiger partial charge in [0.05, 0.1) is 28.4 Å². The molecule has 0 radical (unpaired) electrons. The summed E-state index contributed by atoms with van der Waals surface area (Å²) in [5, 5.41) is 44.8. The number of likely N-dealkylation sites (N-methyl/N-ethyl adjacent to an activating group) is 1. The van der Waals surface area contributed by atoms with E-state index in [4.69, 9.17) is 11.5 Å². The molecule has 4 atom stereocenters. The number of carbonyl (C=O) groups is 3. The standard InChI is InChI=1S/C32H45N7O7/c1-29(2)10-14(11-30(3,4)36-29)35-17-9-18(38(5)6)15-12-31(34)13-16-22(39(7)8)25(42)20(28(33)45)26(43)32(16,37-46)27(44)21(31)24(41)19(15)23(17)40/h9,14,16,22,35-36,40,42,44H,10-13,34H2,1-8H3,(H2,33,45)/t16-,22-,31+,32+/m0/s1. The first kappa shape index (κ1) is 33.4. The van der Waals surface area contributed by atoms with Crippen LogP contribution in [0.2, 0.25) is 0 Å². The number of carbonyl (C=O) groups excluding carboxylic acids is 3. The Morgan fingerprint density at radius 1 is 1.04 bits per heavy atom. The van der Waals surface area contributed by atoms with E-state index in [0.29, 0.717) is 16.9 Å². The zero-order valence-electron chi connectivity index (χ0n) is 27.6. The van der Waals surface area contributed by atoms with Crippen molar-refractivity contribution in [1.82, 2.24) is 10.2 Å². The molecular formula is C32H45N7O7. The van der Waals surface area contributed by atoms with Crippen molar-refractivity contribution in [1.29, 1.82) is 0 Å². The van der Waals surface area contributed by atoms with Gasteiger partial charge >= 0.3 is 0 Å². The van der Waals surface area contributed by atoms with Crippen LogP contribution in [0.4, 0.5) is 11.4 Å². The molecule has 1 aromatic rings. The fourth-order valence-corrected chi connectivity index (χ4v) is 8.71. The van der Waals surface area contributed by atoms with Gasteiger partial charge in [0.25, 0.3) is 5.91 Å². The zero-order chi connectivity index (χ0) is 34.5. The van der Waals surface area contributed by atoms with Gasteiger partial charge in [-0.3, -0.25) is 19.3 Å². The number of aliphatic hydroxyl groups excluding tert-OH is 2. The number of nitrogens with zero attached hydrogens (tertiary/aromatic N) is 3. The number of hydrogen-bond donors (Lipinski definition) is 7. The molecule has 1 aliphatic heterocycles. The second-order valence-corrected chi connectivity index (χ2v) is 15.1. The Kier molecular flexibility index (Phi) is 7.62. The van der Waals surface area contributed by atoms with Crippen molar-refractivity contribution in [2.45, 2.75) is 87.6 Å². The van der Waals surface area contributed by atoms with Gasteiger partial charge in [-0.05, 0) is 84.3 Å². The minimum atomic E-state index is -2.67. The van der Waals surface area contributed by atoms with E-state index in [1.54, 1.807) is 39.2 Å². The number of phenols is 1. The summed E-state index contributed by atoms with van der Waals surface area (Å²) in [5.41, 5.74) is 7.58. The lowest BCUT2D eigenvalue weighted by Crippen LogP contribution is -2.67. The summed E-state index contributed by atoms with van der Waals surface area (Å²) in [6.45, 7) is 8.39. The lowest BCUT2D eigenvalue weighted by Gasteiger charge is -2.52. The molecule has 1 fully saturated rings. The third-order valence-electron chi connectivity index (χ3n) is 10.0. The van der Waals surface area contributed by atoms with Crippen LogP contribution in [0, 0.1) is 10.8 Å². The number of benzene rings is 1. The molecule has 1 saturated heterocycles. The quantitative estimate of drug-likeness (QED) is 0.134. The fourth-order valence-electron chi connectivity index (χ4n) is 8.71. The molecule has 1 heterocycles. The van der Waals surface area contributed by atoms with Crippen LogP contribution in [-0.4, -0.2) is 100 Å². The molecular weight excluding hydrogens is 594 g/mol. The largest absolute Gasteiger partial charge is 0.510 e. The number of phenolic OH excluding ortho intramolecular Hbond substituents is 1. The molecule has 1 amide bonds. The Balaban J connectivity index is 1.72. The third-order valence-corrected chi connectivity index (χ3v) is 10.0. The van der Waals surface area contributed by atoms with E-state index in [1.165, 1.54) is 4.90 Å². The van der Waals surface area contributed by atoms with Crippen LogP contribution < -0.4 is 27.0 Å². The number of nitrogens with one attached hydrogen (secondary N) is 2. The third kappa shape index (κ3) is 4.76. The van der Waals surface area contributed by atoms with Gasteiger partial charge in [0, 0.05) is 42.8 Å². The minimum absolute atomic E-state index is 0.0604. The lowest BCUT2D eigenvalue weighted by atomic mass is 9.55.